The molecule has 11 rings (SSSR count). The minimum Gasteiger partial charge on any atom is -0.310 e. The maximum atomic E-state index is 2.60. The van der Waals surface area contributed by atoms with Crippen LogP contribution in [0.4, 0.5) is 17.1 Å². The first-order valence-electron chi connectivity index (χ1n) is 19.1. The zero-order chi connectivity index (χ0) is 33.1. The van der Waals surface area contributed by atoms with Gasteiger partial charge >= 0.3 is 0 Å². The number of para-hydroxylation sites is 1. The van der Waals surface area contributed by atoms with Crippen molar-refractivity contribution < 1.29 is 0 Å². The van der Waals surface area contributed by atoms with Gasteiger partial charge in [0.2, 0.25) is 0 Å². The van der Waals surface area contributed by atoms with Gasteiger partial charge in [-0.2, -0.15) is 0 Å². The van der Waals surface area contributed by atoms with Gasteiger partial charge in [-0.25, -0.2) is 0 Å². The van der Waals surface area contributed by atoms with Gasteiger partial charge in [-0.05, 0) is 154 Å². The van der Waals surface area contributed by atoms with Crippen LogP contribution in [0.15, 0.2) is 115 Å². The molecule has 0 heterocycles. The molecule has 1 nitrogen and oxygen atoms in total. The molecule has 5 aromatic carbocycles. The lowest BCUT2D eigenvalue weighted by Gasteiger charge is -2.61. The predicted octanol–water partition coefficient (Wildman–Crippen LogP) is 12.9. The lowest BCUT2D eigenvalue weighted by molar-refractivity contribution is -0.0399. The van der Waals surface area contributed by atoms with Crippen molar-refractivity contribution in [1.29, 1.82) is 0 Å². The van der Waals surface area contributed by atoms with E-state index in [4.69, 9.17) is 0 Å². The van der Waals surface area contributed by atoms with E-state index in [-0.39, 0.29) is 16.2 Å². The fraction of sp³-hybridized carbons (Fsp3) is 0.375. The van der Waals surface area contributed by atoms with E-state index in [1.807, 2.05) is 0 Å². The van der Waals surface area contributed by atoms with Crippen LogP contribution in [0.5, 0.6) is 0 Å². The van der Waals surface area contributed by atoms with E-state index in [0.717, 1.165) is 23.7 Å². The molecule has 6 aliphatic rings. The fourth-order valence-electron chi connectivity index (χ4n) is 12.1. The summed E-state index contributed by atoms with van der Waals surface area (Å²) in [5.74, 6) is 3.36. The Labute approximate surface area is 293 Å². The van der Waals surface area contributed by atoms with E-state index in [9.17, 15) is 0 Å². The smallest absolute Gasteiger partial charge is 0.0502 e. The van der Waals surface area contributed by atoms with Crippen molar-refractivity contribution in [2.45, 2.75) is 88.9 Å². The second kappa shape index (κ2) is 10.5. The average Bonchev–Trinajstić information content (AvgIpc) is 3.40. The highest BCUT2D eigenvalue weighted by molar-refractivity contribution is 5.95. The van der Waals surface area contributed by atoms with E-state index in [1.54, 1.807) is 11.1 Å². The highest BCUT2D eigenvalue weighted by atomic mass is 15.1. The molecule has 0 N–H and O–H groups in total. The largest absolute Gasteiger partial charge is 0.310 e. The Morgan fingerprint density at radius 2 is 1.14 bits per heavy atom. The van der Waals surface area contributed by atoms with Gasteiger partial charge in [0.05, 0.1) is 5.69 Å². The molecule has 0 atom stereocenters. The summed E-state index contributed by atoms with van der Waals surface area (Å²) in [6.07, 6.45) is 9.50. The van der Waals surface area contributed by atoms with Crippen molar-refractivity contribution in [1.82, 2.24) is 0 Å². The van der Waals surface area contributed by atoms with Gasteiger partial charge in [-0.3, -0.25) is 0 Å². The molecule has 4 fully saturated rings. The van der Waals surface area contributed by atoms with Crippen molar-refractivity contribution in [2.75, 3.05) is 4.90 Å². The van der Waals surface area contributed by atoms with Gasteiger partial charge < -0.3 is 4.90 Å². The highest BCUT2D eigenvalue weighted by Gasteiger charge is 2.61. The van der Waals surface area contributed by atoms with Crippen LogP contribution in [-0.4, -0.2) is 0 Å². The van der Waals surface area contributed by atoms with E-state index >= 15 is 0 Å². The monoisotopic (exact) mass is 639 g/mol. The van der Waals surface area contributed by atoms with Gasteiger partial charge in [0.1, 0.15) is 0 Å². The molecule has 0 aromatic heterocycles. The van der Waals surface area contributed by atoms with Gasteiger partial charge in [-0.15, -0.1) is 0 Å². The van der Waals surface area contributed by atoms with Crippen LogP contribution in [0.3, 0.4) is 0 Å². The first-order chi connectivity index (χ1) is 23.8. The Bertz CT molecular complexity index is 2060. The standard InChI is InChI=1S/C48H49N/c1-46(2)23-24-47(3,4)45-42(46)19-12-20-43(45)49(36-15-9-6-10-16-36)37-21-22-40-39(30-37)44-38(33-13-7-5-8-14-33)17-11-18-41(44)48(40)34-26-31-25-32(28-34)29-35(48)27-31/h5-22,30-32,34-35H,23-29H2,1-4H3. The quantitative estimate of drug-likeness (QED) is 0.189. The van der Waals surface area contributed by atoms with Crippen molar-refractivity contribution in [3.63, 3.8) is 0 Å². The van der Waals surface area contributed by atoms with Crippen molar-refractivity contribution in [3.05, 3.63) is 138 Å². The van der Waals surface area contributed by atoms with Crippen LogP contribution in [-0.2, 0) is 16.2 Å². The molecule has 49 heavy (non-hydrogen) atoms. The molecule has 6 aliphatic carbocycles. The van der Waals surface area contributed by atoms with Crippen molar-refractivity contribution in [2.24, 2.45) is 23.7 Å². The van der Waals surface area contributed by atoms with Crippen molar-refractivity contribution >= 4 is 17.1 Å². The summed E-state index contributed by atoms with van der Waals surface area (Å²) >= 11 is 0. The van der Waals surface area contributed by atoms with Crippen LogP contribution in [0.1, 0.15) is 94.9 Å². The number of anilines is 3. The van der Waals surface area contributed by atoms with E-state index in [0.29, 0.717) is 0 Å². The molecule has 1 heteroatoms. The lowest BCUT2D eigenvalue weighted by Crippen LogP contribution is -2.55. The minimum absolute atomic E-state index is 0.0860. The molecule has 0 amide bonds. The average molecular weight is 640 g/mol. The molecular formula is C48H49N. The van der Waals surface area contributed by atoms with Crippen molar-refractivity contribution in [3.8, 4) is 22.3 Å². The number of fused-ring (bicyclic) bond motifs is 4. The number of rotatable bonds is 4. The van der Waals surface area contributed by atoms with Crippen LogP contribution in [0, 0.1) is 23.7 Å². The fourth-order valence-corrected chi connectivity index (χ4v) is 12.1. The zero-order valence-electron chi connectivity index (χ0n) is 29.7. The van der Waals surface area contributed by atoms with E-state index < -0.39 is 0 Å². The molecule has 246 valence electrons. The van der Waals surface area contributed by atoms with Crippen LogP contribution in [0.2, 0.25) is 0 Å². The Balaban J connectivity index is 1.24. The molecule has 0 saturated heterocycles. The van der Waals surface area contributed by atoms with Gasteiger partial charge in [-0.1, -0.05) is 113 Å². The molecule has 4 saturated carbocycles. The van der Waals surface area contributed by atoms with Crippen LogP contribution >= 0.6 is 0 Å². The maximum Gasteiger partial charge on any atom is 0.0502 e. The molecule has 1 spiro atoms. The number of hydrogen-bond donors (Lipinski definition) is 0. The third kappa shape index (κ3) is 4.17. The Morgan fingerprint density at radius 3 is 1.86 bits per heavy atom. The maximum absolute atomic E-state index is 2.60. The topological polar surface area (TPSA) is 3.24 Å². The van der Waals surface area contributed by atoms with Crippen LogP contribution < -0.4 is 4.90 Å². The van der Waals surface area contributed by atoms with E-state index in [1.165, 1.54) is 95.4 Å². The highest BCUT2D eigenvalue weighted by Crippen LogP contribution is 2.70. The summed E-state index contributed by atoms with van der Waals surface area (Å²) in [5.41, 5.74) is 16.2. The number of benzene rings is 5. The molecular weight excluding hydrogens is 591 g/mol. The zero-order valence-corrected chi connectivity index (χ0v) is 29.7. The summed E-state index contributed by atoms with van der Waals surface area (Å²) in [6, 6.07) is 44.5. The van der Waals surface area contributed by atoms with Gasteiger partial charge in [0.25, 0.3) is 0 Å². The number of nitrogens with zero attached hydrogens (tertiary/aromatic N) is 1. The first-order valence-corrected chi connectivity index (χ1v) is 19.1. The minimum atomic E-state index is 0.0860. The molecule has 5 aromatic rings. The van der Waals surface area contributed by atoms with Gasteiger partial charge in [0.15, 0.2) is 0 Å². The summed E-state index contributed by atoms with van der Waals surface area (Å²) in [6.45, 7) is 9.82. The van der Waals surface area contributed by atoms with E-state index in [2.05, 4.69) is 148 Å². The SMILES string of the molecule is CC1(C)CCC(C)(C)c2c(N(c3ccccc3)c3ccc4c(c3)-c3c(-c5ccccc5)cccc3C43C4CC5CC(C4)CC3C5)cccc21. The lowest BCUT2D eigenvalue weighted by atomic mass is 9.43. The molecule has 0 radical (unpaired) electrons. The summed E-state index contributed by atoms with van der Waals surface area (Å²) in [5, 5.41) is 0. The first kappa shape index (κ1) is 29.8. The second-order valence-electron chi connectivity index (χ2n) is 17.6. The summed E-state index contributed by atoms with van der Waals surface area (Å²) in [4.78, 5) is 2.59. The molecule has 4 bridgehead atoms. The normalized spacial score (nSPS) is 27.8. The number of hydrogen-bond acceptors (Lipinski definition) is 1. The predicted molar refractivity (Wildman–Crippen MR) is 205 cm³/mol. The Morgan fingerprint density at radius 1 is 0.510 bits per heavy atom. The van der Waals surface area contributed by atoms with Gasteiger partial charge in [0, 0.05) is 16.8 Å². The van der Waals surface area contributed by atoms with Crippen LogP contribution in [0.25, 0.3) is 22.3 Å². The second-order valence-corrected chi connectivity index (χ2v) is 17.6. The Hall–Kier alpha value is -4.10. The Kier molecular flexibility index (Phi) is 6.36. The molecule has 0 aliphatic heterocycles. The third-order valence-corrected chi connectivity index (χ3v) is 14.1. The summed E-state index contributed by atoms with van der Waals surface area (Å²) < 4.78 is 0. The molecule has 0 unspecified atom stereocenters. The third-order valence-electron chi connectivity index (χ3n) is 14.1. The summed E-state index contributed by atoms with van der Waals surface area (Å²) in [7, 11) is 0.